The van der Waals surface area contributed by atoms with Crippen molar-refractivity contribution >= 4 is 17.0 Å². The van der Waals surface area contributed by atoms with Gasteiger partial charge in [-0.05, 0) is 26.7 Å². The van der Waals surface area contributed by atoms with Gasteiger partial charge in [-0.1, -0.05) is 0 Å². The van der Waals surface area contributed by atoms with E-state index >= 15 is 0 Å². The topological polar surface area (TPSA) is 123 Å². The van der Waals surface area contributed by atoms with E-state index in [1.165, 1.54) is 6.33 Å². The zero-order valence-electron chi connectivity index (χ0n) is 13.5. The number of aromatic nitrogens is 4. The maximum atomic E-state index is 6.40. The summed E-state index contributed by atoms with van der Waals surface area (Å²) >= 11 is 0. The lowest BCUT2D eigenvalue weighted by Crippen LogP contribution is -2.58. The summed E-state index contributed by atoms with van der Waals surface area (Å²) in [5.74, 6) is -0.313. The molecule has 0 bridgehead atoms. The summed E-state index contributed by atoms with van der Waals surface area (Å²) in [6.45, 7) is 3.84. The molecule has 1 spiro atoms. The number of ether oxygens (including phenoxy) is 3. The quantitative estimate of drug-likeness (QED) is 0.765. The minimum atomic E-state index is -0.658. The van der Waals surface area contributed by atoms with Gasteiger partial charge in [-0.15, -0.1) is 0 Å². The van der Waals surface area contributed by atoms with Crippen molar-refractivity contribution in [2.24, 2.45) is 5.73 Å². The van der Waals surface area contributed by atoms with Crippen LogP contribution in [0.25, 0.3) is 11.2 Å². The first-order chi connectivity index (χ1) is 11.4. The second-order valence-corrected chi connectivity index (χ2v) is 7.35. The predicted octanol–water partition coefficient (Wildman–Crippen LogP) is 0.317. The Morgan fingerprint density at radius 2 is 1.96 bits per heavy atom. The van der Waals surface area contributed by atoms with E-state index in [2.05, 4.69) is 15.0 Å². The number of nitrogen functional groups attached to an aromatic ring is 1. The second kappa shape index (κ2) is 4.42. The van der Waals surface area contributed by atoms with Gasteiger partial charge in [0.25, 0.3) is 0 Å². The van der Waals surface area contributed by atoms with Gasteiger partial charge in [-0.3, -0.25) is 4.57 Å². The fourth-order valence-corrected chi connectivity index (χ4v) is 4.21. The van der Waals surface area contributed by atoms with Gasteiger partial charge in [0, 0.05) is 6.04 Å². The van der Waals surface area contributed by atoms with Crippen LogP contribution in [-0.2, 0) is 14.2 Å². The Balaban J connectivity index is 1.59. The fraction of sp³-hybridized carbons (Fsp3) is 0.667. The number of anilines is 1. The van der Waals surface area contributed by atoms with Gasteiger partial charge in [-0.2, -0.15) is 0 Å². The molecule has 2 saturated heterocycles. The molecular formula is C15H20N6O3. The van der Waals surface area contributed by atoms with Crippen LogP contribution in [0.3, 0.4) is 0 Å². The minimum absolute atomic E-state index is 0.134. The van der Waals surface area contributed by atoms with Crippen LogP contribution >= 0.6 is 0 Å². The smallest absolute Gasteiger partial charge is 0.167 e. The van der Waals surface area contributed by atoms with E-state index in [1.807, 2.05) is 18.4 Å². The van der Waals surface area contributed by atoms with Gasteiger partial charge in [0.15, 0.2) is 23.5 Å². The lowest BCUT2D eigenvalue weighted by atomic mass is 9.72. The molecule has 1 saturated carbocycles. The molecule has 1 aliphatic carbocycles. The van der Waals surface area contributed by atoms with Gasteiger partial charge in [0.05, 0.1) is 6.33 Å². The molecule has 4 heterocycles. The molecule has 2 aromatic heterocycles. The van der Waals surface area contributed by atoms with Crippen molar-refractivity contribution in [3.8, 4) is 0 Å². The summed E-state index contributed by atoms with van der Waals surface area (Å²) in [5.41, 5.74) is 12.7. The Morgan fingerprint density at radius 3 is 2.71 bits per heavy atom. The first kappa shape index (κ1) is 14.5. The Hall–Kier alpha value is -1.81. The molecule has 2 aliphatic heterocycles. The van der Waals surface area contributed by atoms with Gasteiger partial charge >= 0.3 is 0 Å². The van der Waals surface area contributed by atoms with E-state index in [1.54, 1.807) is 6.33 Å². The Labute approximate surface area is 138 Å². The number of hydrogen-bond acceptors (Lipinski definition) is 8. The zero-order valence-corrected chi connectivity index (χ0v) is 13.5. The van der Waals surface area contributed by atoms with Gasteiger partial charge in [0.1, 0.15) is 29.7 Å². The minimum Gasteiger partial charge on any atom is -0.382 e. The molecule has 0 amide bonds. The lowest BCUT2D eigenvalue weighted by molar-refractivity contribution is -0.238. The normalized spacial score (nSPS) is 40.1. The zero-order chi connectivity index (χ0) is 16.7. The van der Waals surface area contributed by atoms with Crippen molar-refractivity contribution in [3.05, 3.63) is 12.7 Å². The molecule has 24 heavy (non-hydrogen) atoms. The average molecular weight is 332 g/mol. The van der Waals surface area contributed by atoms with Crippen molar-refractivity contribution in [3.63, 3.8) is 0 Å². The molecule has 3 atom stereocenters. The Bertz CT molecular complexity index is 815. The maximum absolute atomic E-state index is 6.40. The molecule has 3 aliphatic rings. The number of rotatable bonds is 1. The van der Waals surface area contributed by atoms with Crippen LogP contribution in [0.4, 0.5) is 5.82 Å². The highest BCUT2D eigenvalue weighted by Gasteiger charge is 2.67. The molecule has 9 nitrogen and oxygen atoms in total. The molecule has 2 aromatic rings. The van der Waals surface area contributed by atoms with Crippen molar-refractivity contribution < 1.29 is 14.2 Å². The van der Waals surface area contributed by atoms with Crippen LogP contribution in [0.1, 0.15) is 32.9 Å². The third-order valence-corrected chi connectivity index (χ3v) is 5.16. The average Bonchev–Trinajstić information content (AvgIpc) is 3.11. The van der Waals surface area contributed by atoms with E-state index in [0.29, 0.717) is 17.0 Å². The molecule has 5 rings (SSSR count). The monoisotopic (exact) mass is 332 g/mol. The Morgan fingerprint density at radius 1 is 1.17 bits per heavy atom. The molecule has 0 aromatic carbocycles. The van der Waals surface area contributed by atoms with E-state index in [0.717, 1.165) is 12.8 Å². The van der Waals surface area contributed by atoms with Crippen LogP contribution in [0.2, 0.25) is 0 Å². The first-order valence-electron chi connectivity index (χ1n) is 8.11. The second-order valence-electron chi connectivity index (χ2n) is 7.35. The number of nitrogens with zero attached hydrogens (tertiary/aromatic N) is 4. The number of fused-ring (bicyclic) bond motifs is 3. The van der Waals surface area contributed by atoms with Crippen LogP contribution in [0.5, 0.6) is 0 Å². The van der Waals surface area contributed by atoms with Gasteiger partial charge < -0.3 is 25.7 Å². The highest BCUT2D eigenvalue weighted by atomic mass is 16.8. The molecule has 0 radical (unpaired) electrons. The van der Waals surface area contributed by atoms with E-state index < -0.39 is 11.4 Å². The molecule has 3 fully saturated rings. The molecular weight excluding hydrogens is 312 g/mol. The van der Waals surface area contributed by atoms with Crippen molar-refractivity contribution in [1.82, 2.24) is 19.5 Å². The van der Waals surface area contributed by atoms with Crippen molar-refractivity contribution in [2.75, 3.05) is 5.73 Å². The summed E-state index contributed by atoms with van der Waals surface area (Å²) in [6.07, 6.45) is 3.82. The van der Waals surface area contributed by atoms with Crippen molar-refractivity contribution in [1.29, 1.82) is 0 Å². The predicted molar refractivity (Wildman–Crippen MR) is 83.6 cm³/mol. The van der Waals surface area contributed by atoms with E-state index in [9.17, 15) is 0 Å². The van der Waals surface area contributed by atoms with Crippen LogP contribution in [-0.4, -0.2) is 49.2 Å². The highest BCUT2D eigenvalue weighted by Crippen LogP contribution is 2.55. The largest absolute Gasteiger partial charge is 0.382 e. The number of nitrogens with two attached hydrogens (primary N) is 2. The standard InChI is InChI=1S/C15H20N6O3/c1-14(2)22-9-10(23-14)15(3-7(16)4-15)24-13(9)21-6-20-8-11(17)18-5-19-12(8)21/h5-7,9-10,13H,3-4,16H2,1-2H3,(H2,17,18,19)/t7?,9?,10?,13-,15?/m1/s1. The van der Waals surface area contributed by atoms with Crippen LogP contribution in [0, 0.1) is 0 Å². The summed E-state index contributed by atoms with van der Waals surface area (Å²) < 4.78 is 20.5. The third kappa shape index (κ3) is 1.80. The first-order valence-corrected chi connectivity index (χ1v) is 8.11. The number of imidazole rings is 1. The summed E-state index contributed by atoms with van der Waals surface area (Å²) in [4.78, 5) is 12.6. The number of hydrogen-bond donors (Lipinski definition) is 2. The molecule has 2 unspecified atom stereocenters. The summed E-state index contributed by atoms with van der Waals surface area (Å²) in [5, 5.41) is 0. The van der Waals surface area contributed by atoms with Crippen molar-refractivity contribution in [2.45, 2.75) is 62.6 Å². The van der Waals surface area contributed by atoms with E-state index in [4.69, 9.17) is 25.7 Å². The van der Waals surface area contributed by atoms with Crippen LogP contribution < -0.4 is 11.5 Å². The Kier molecular flexibility index (Phi) is 2.68. The highest BCUT2D eigenvalue weighted by molar-refractivity contribution is 5.81. The molecule has 128 valence electrons. The SMILES string of the molecule is CC1(C)OC2C(O1)C1(CC(N)C1)O[C@H]2n1cnc2c(N)ncnc21. The summed E-state index contributed by atoms with van der Waals surface area (Å²) in [7, 11) is 0. The van der Waals surface area contributed by atoms with Gasteiger partial charge in [-0.25, -0.2) is 15.0 Å². The maximum Gasteiger partial charge on any atom is 0.167 e. The fourth-order valence-electron chi connectivity index (χ4n) is 4.21. The lowest BCUT2D eigenvalue weighted by Gasteiger charge is -2.45. The van der Waals surface area contributed by atoms with Crippen LogP contribution in [0.15, 0.2) is 12.7 Å². The third-order valence-electron chi connectivity index (χ3n) is 5.16. The van der Waals surface area contributed by atoms with Gasteiger partial charge in [0.2, 0.25) is 0 Å². The molecule has 9 heteroatoms. The summed E-state index contributed by atoms with van der Waals surface area (Å²) in [6, 6.07) is 0.134. The molecule has 4 N–H and O–H groups in total. The van der Waals surface area contributed by atoms with E-state index in [-0.39, 0.29) is 24.5 Å².